The van der Waals surface area contributed by atoms with Crippen LogP contribution in [-0.4, -0.2) is 44.2 Å². The van der Waals surface area contributed by atoms with Gasteiger partial charge in [0.2, 0.25) is 10.0 Å². The topological polar surface area (TPSA) is 109 Å². The van der Waals surface area contributed by atoms with Crippen molar-refractivity contribution in [3.8, 4) is 33.7 Å². The number of fused-ring (bicyclic) bond motifs is 6. The van der Waals surface area contributed by atoms with Crippen molar-refractivity contribution in [2.45, 2.75) is 13.6 Å². The third-order valence-corrected chi connectivity index (χ3v) is 9.37. The van der Waals surface area contributed by atoms with Gasteiger partial charge >= 0.3 is 0 Å². The second kappa shape index (κ2) is 9.95. The molecule has 11 heteroatoms. The summed E-state index contributed by atoms with van der Waals surface area (Å²) in [5, 5.41) is 7.03. The molecule has 1 aliphatic rings. The van der Waals surface area contributed by atoms with Gasteiger partial charge in [0.25, 0.3) is 5.91 Å². The van der Waals surface area contributed by atoms with Gasteiger partial charge in [0.15, 0.2) is 0 Å². The number of carbonyl (C=O) groups is 1. The molecule has 0 spiro atoms. The largest absolute Gasteiger partial charge is 0.455 e. The molecule has 6 aromatic rings. The van der Waals surface area contributed by atoms with Crippen molar-refractivity contribution < 1.29 is 22.0 Å². The van der Waals surface area contributed by atoms with Gasteiger partial charge in [0, 0.05) is 59.4 Å². The van der Waals surface area contributed by atoms with Crippen LogP contribution in [0.5, 0.6) is 0 Å². The maximum Gasteiger partial charge on any atom is 0.255 e. The molecule has 1 aliphatic heterocycles. The molecule has 0 bridgehead atoms. The third kappa shape index (κ3) is 4.31. The molecule has 0 saturated heterocycles. The molecule has 0 saturated carbocycles. The number of amides is 1. The normalized spacial score (nSPS) is 12.6. The predicted octanol–water partition coefficient (Wildman–Crippen LogP) is 6.37. The van der Waals surface area contributed by atoms with E-state index < -0.39 is 10.0 Å². The first-order valence-electron chi connectivity index (χ1n) is 13.9. The molecule has 0 atom stereocenters. The fourth-order valence-corrected chi connectivity index (χ4v) is 6.31. The molecule has 3 aromatic carbocycles. The number of rotatable bonds is 5. The number of nitrogens with zero attached hydrogens (tertiary/aromatic N) is 3. The Kier molecular flexibility index (Phi) is 6.26. The van der Waals surface area contributed by atoms with Crippen molar-refractivity contribution in [2.75, 3.05) is 30.0 Å². The zero-order valence-electron chi connectivity index (χ0n) is 24.4. The number of aromatic nitrogens is 2. The minimum atomic E-state index is -3.69. The van der Waals surface area contributed by atoms with Crippen LogP contribution in [0.25, 0.3) is 55.6 Å². The molecule has 3 aromatic heterocycles. The van der Waals surface area contributed by atoms with Gasteiger partial charge in [-0.25, -0.2) is 17.8 Å². The summed E-state index contributed by atoms with van der Waals surface area (Å²) in [5.41, 5.74) is 6.22. The van der Waals surface area contributed by atoms with Crippen LogP contribution >= 0.6 is 0 Å². The Bertz CT molecular complexity index is 2250. The van der Waals surface area contributed by atoms with Gasteiger partial charge < -0.3 is 19.6 Å². The lowest BCUT2D eigenvalue weighted by atomic mass is 9.97. The Hall–Kier alpha value is -5.16. The maximum absolute atomic E-state index is 14.7. The summed E-state index contributed by atoms with van der Waals surface area (Å²) >= 11 is 0. The molecular weight excluding hydrogens is 581 g/mol. The van der Waals surface area contributed by atoms with Gasteiger partial charge in [-0.1, -0.05) is 35.9 Å². The number of nitrogens with one attached hydrogen (secondary N) is 2. The number of benzene rings is 3. The highest BCUT2D eigenvalue weighted by Gasteiger charge is 2.27. The average Bonchev–Trinajstić information content (AvgIpc) is 3.59. The van der Waals surface area contributed by atoms with Crippen molar-refractivity contribution in [1.82, 2.24) is 14.9 Å². The van der Waals surface area contributed by atoms with E-state index in [-0.39, 0.29) is 11.7 Å². The Morgan fingerprint density at radius 3 is 2.55 bits per heavy atom. The summed E-state index contributed by atoms with van der Waals surface area (Å²) in [6, 6.07) is 19.7. The second-order valence-electron chi connectivity index (χ2n) is 10.9. The summed E-state index contributed by atoms with van der Waals surface area (Å²) in [7, 11) is -0.670. The van der Waals surface area contributed by atoms with E-state index in [2.05, 4.69) is 15.6 Å². The minimum absolute atomic E-state index is 0.316. The van der Waals surface area contributed by atoms with Gasteiger partial charge in [-0.3, -0.25) is 9.10 Å². The molecule has 7 rings (SSSR count). The molecule has 4 heterocycles. The number of sulfonamides is 1. The third-order valence-electron chi connectivity index (χ3n) is 8.18. The number of anilines is 2. The van der Waals surface area contributed by atoms with E-state index >= 15 is 0 Å². The van der Waals surface area contributed by atoms with Gasteiger partial charge in [0.1, 0.15) is 23.0 Å². The van der Waals surface area contributed by atoms with E-state index in [1.807, 2.05) is 47.9 Å². The number of hydrogen-bond acceptors (Lipinski definition) is 6. The number of carbonyl (C=O) groups excluding carboxylic acids is 1. The van der Waals surface area contributed by atoms with Crippen molar-refractivity contribution in [2.24, 2.45) is 0 Å². The Labute approximate surface area is 253 Å². The van der Waals surface area contributed by atoms with E-state index in [0.717, 1.165) is 28.6 Å². The van der Waals surface area contributed by atoms with E-state index in [4.69, 9.17) is 4.42 Å². The van der Waals surface area contributed by atoms with Crippen LogP contribution in [0.1, 0.15) is 15.9 Å². The van der Waals surface area contributed by atoms with Crippen LogP contribution in [0.4, 0.5) is 15.9 Å². The van der Waals surface area contributed by atoms with Gasteiger partial charge in [0.05, 0.1) is 35.4 Å². The first-order chi connectivity index (χ1) is 21.0. The smallest absolute Gasteiger partial charge is 0.255 e. The van der Waals surface area contributed by atoms with Gasteiger partial charge in [-0.15, -0.1) is 0 Å². The lowest BCUT2D eigenvalue weighted by molar-refractivity contribution is 0.0964. The highest BCUT2D eigenvalue weighted by Crippen LogP contribution is 2.44. The molecular formula is C33H28FN5O4S. The molecule has 222 valence electrons. The van der Waals surface area contributed by atoms with Crippen molar-refractivity contribution >= 4 is 49.3 Å². The summed E-state index contributed by atoms with van der Waals surface area (Å²) in [4.78, 5) is 18.0. The molecule has 44 heavy (non-hydrogen) atoms. The van der Waals surface area contributed by atoms with Gasteiger partial charge in [-0.2, -0.15) is 0 Å². The molecule has 0 unspecified atom stereocenters. The second-order valence-corrected chi connectivity index (χ2v) is 12.9. The summed E-state index contributed by atoms with van der Waals surface area (Å²) in [5.74, 6) is 0.348. The lowest BCUT2D eigenvalue weighted by Crippen LogP contribution is -2.25. The first-order valence-corrected chi connectivity index (χ1v) is 15.8. The fraction of sp³-hybridized carbons (Fsp3) is 0.152. The molecule has 0 radical (unpaired) electrons. The maximum atomic E-state index is 14.7. The van der Waals surface area contributed by atoms with Crippen molar-refractivity contribution in [3.05, 3.63) is 89.9 Å². The SMILES string of the molecule is CNC(=O)c1c(-c2ccc(C)cc2)oc2cc(N(C)S(C)(=O)=O)c(-c3cnc4c(c3)-c3cc5c(F)cccc5n3CN4)cc12. The number of aryl methyl sites for hydroxylation is 1. The number of hydrogen-bond donors (Lipinski definition) is 2. The van der Waals surface area contributed by atoms with E-state index in [9.17, 15) is 17.6 Å². The van der Waals surface area contributed by atoms with E-state index in [1.54, 1.807) is 37.5 Å². The Morgan fingerprint density at radius 1 is 1.05 bits per heavy atom. The highest BCUT2D eigenvalue weighted by atomic mass is 32.2. The fourth-order valence-electron chi connectivity index (χ4n) is 5.81. The zero-order chi connectivity index (χ0) is 30.9. The highest BCUT2D eigenvalue weighted by molar-refractivity contribution is 7.92. The summed E-state index contributed by atoms with van der Waals surface area (Å²) < 4.78 is 49.8. The molecule has 9 nitrogen and oxygen atoms in total. The van der Waals surface area contributed by atoms with Crippen LogP contribution in [0, 0.1) is 12.7 Å². The number of pyridine rings is 1. The predicted molar refractivity (Wildman–Crippen MR) is 171 cm³/mol. The summed E-state index contributed by atoms with van der Waals surface area (Å²) in [6.07, 6.45) is 2.78. The average molecular weight is 610 g/mol. The summed E-state index contributed by atoms with van der Waals surface area (Å²) in [6.45, 7) is 2.39. The molecule has 2 N–H and O–H groups in total. The van der Waals surface area contributed by atoms with Crippen molar-refractivity contribution in [3.63, 3.8) is 0 Å². The zero-order valence-corrected chi connectivity index (χ0v) is 25.2. The van der Waals surface area contributed by atoms with Crippen molar-refractivity contribution in [1.29, 1.82) is 0 Å². The van der Waals surface area contributed by atoms with E-state index in [1.165, 1.54) is 17.4 Å². The van der Waals surface area contributed by atoms with Crippen LogP contribution in [0.2, 0.25) is 0 Å². The first kappa shape index (κ1) is 27.7. The molecule has 1 amide bonds. The van der Waals surface area contributed by atoms with Crippen LogP contribution < -0.4 is 14.9 Å². The Morgan fingerprint density at radius 2 is 1.82 bits per heavy atom. The monoisotopic (exact) mass is 609 g/mol. The quantitative estimate of drug-likeness (QED) is 0.235. The molecule has 0 aliphatic carbocycles. The van der Waals surface area contributed by atoms with Crippen LogP contribution in [0.3, 0.4) is 0 Å². The van der Waals surface area contributed by atoms with Gasteiger partial charge in [-0.05, 0) is 37.3 Å². The molecule has 0 fully saturated rings. The number of halogens is 1. The Balaban J connectivity index is 1.50. The van der Waals surface area contributed by atoms with Crippen LogP contribution in [0.15, 0.2) is 77.3 Å². The number of furan rings is 1. The standard InChI is InChI=1S/C33H28FN5O4S/c1-18-8-10-19(11-9-18)31-30(33(40)35-2)24-13-21(27(15-29(24)43-31)38(3)44(4,41)42)20-12-23-28-14-22-25(34)6-5-7-26(22)39(28)17-37-32(23)36-16-20/h5-16H,17H2,1-4H3,(H,35,40)(H,36,37). The van der Waals surface area contributed by atoms with E-state index in [0.29, 0.717) is 62.5 Å². The van der Waals surface area contributed by atoms with Crippen LogP contribution in [-0.2, 0) is 16.7 Å². The lowest BCUT2D eigenvalue weighted by Gasteiger charge is -2.23. The minimum Gasteiger partial charge on any atom is -0.455 e.